The summed E-state index contributed by atoms with van der Waals surface area (Å²) in [5.41, 5.74) is 1.48. The van der Waals surface area contributed by atoms with Gasteiger partial charge in [-0.25, -0.2) is 0 Å². The highest BCUT2D eigenvalue weighted by molar-refractivity contribution is 6.30. The number of hydrogen-bond donors (Lipinski definition) is 2. The normalized spacial score (nSPS) is 16.6. The van der Waals surface area contributed by atoms with Crippen LogP contribution in [0.25, 0.3) is 0 Å². The van der Waals surface area contributed by atoms with Gasteiger partial charge in [0.05, 0.1) is 6.42 Å². The van der Waals surface area contributed by atoms with Crippen molar-refractivity contribution in [2.24, 2.45) is 5.92 Å². The first-order chi connectivity index (χ1) is 8.52. The van der Waals surface area contributed by atoms with Gasteiger partial charge in [-0.15, -0.1) is 0 Å². The lowest BCUT2D eigenvalue weighted by atomic mass is 9.88. The molecule has 98 valence electrons. The lowest BCUT2D eigenvalue weighted by Gasteiger charge is -2.18. The van der Waals surface area contributed by atoms with Gasteiger partial charge in [0.1, 0.15) is 5.75 Å². The van der Waals surface area contributed by atoms with Gasteiger partial charge in [0.2, 0.25) is 0 Å². The summed E-state index contributed by atoms with van der Waals surface area (Å²) in [5, 5.41) is 19.8. The summed E-state index contributed by atoms with van der Waals surface area (Å²) in [6.07, 6.45) is 2.81. The van der Waals surface area contributed by atoms with E-state index in [2.05, 4.69) is 0 Å². The Hall–Kier alpha value is -1.22. The van der Waals surface area contributed by atoms with Gasteiger partial charge in [0.25, 0.3) is 0 Å². The van der Waals surface area contributed by atoms with Crippen molar-refractivity contribution in [2.45, 2.75) is 38.5 Å². The van der Waals surface area contributed by atoms with Gasteiger partial charge in [-0.1, -0.05) is 18.5 Å². The number of aliphatic carboxylic acids is 1. The summed E-state index contributed by atoms with van der Waals surface area (Å²) in [6, 6.07) is 3.45. The summed E-state index contributed by atoms with van der Waals surface area (Å²) in [7, 11) is 0. The monoisotopic (exact) mass is 268 g/mol. The van der Waals surface area contributed by atoms with Gasteiger partial charge in [0, 0.05) is 10.9 Å². The highest BCUT2D eigenvalue weighted by atomic mass is 35.5. The molecule has 0 saturated heterocycles. The Morgan fingerprint density at radius 3 is 2.67 bits per heavy atom. The van der Waals surface area contributed by atoms with Crippen molar-refractivity contribution in [3.63, 3.8) is 0 Å². The predicted octanol–water partition coefficient (Wildman–Crippen LogP) is 3.58. The maximum atomic E-state index is 11.0. The molecule has 1 fully saturated rings. The Morgan fingerprint density at radius 2 is 2.17 bits per heavy atom. The van der Waals surface area contributed by atoms with Gasteiger partial charge in [0.15, 0.2) is 0 Å². The third-order valence-corrected chi connectivity index (χ3v) is 3.77. The lowest BCUT2D eigenvalue weighted by molar-refractivity contribution is -0.137. The molecule has 0 amide bonds. The van der Waals surface area contributed by atoms with Crippen LogP contribution in [0.5, 0.6) is 5.75 Å². The number of aromatic hydroxyl groups is 1. The van der Waals surface area contributed by atoms with Crippen LogP contribution in [0.1, 0.15) is 43.2 Å². The van der Waals surface area contributed by atoms with E-state index in [0.29, 0.717) is 22.9 Å². The Balaban J connectivity index is 2.40. The van der Waals surface area contributed by atoms with Crippen molar-refractivity contribution < 1.29 is 15.0 Å². The second kappa shape index (κ2) is 5.19. The molecule has 1 saturated carbocycles. The summed E-state index contributed by atoms with van der Waals surface area (Å²) in [4.78, 5) is 11.0. The second-order valence-corrected chi connectivity index (χ2v) is 5.33. The highest BCUT2D eigenvalue weighted by Crippen LogP contribution is 2.48. The third kappa shape index (κ3) is 2.78. The molecule has 2 N–H and O–H groups in total. The SMILES string of the molecule is CCc1cc(Cl)cc(C(CC(=O)O)C2CC2)c1O. The molecule has 4 heteroatoms. The molecular weight excluding hydrogens is 252 g/mol. The number of carboxylic acids is 1. The number of phenols is 1. The number of carboxylic acid groups (broad SMARTS) is 1. The third-order valence-electron chi connectivity index (χ3n) is 3.55. The van der Waals surface area contributed by atoms with Crippen molar-refractivity contribution in [1.29, 1.82) is 0 Å². The molecule has 1 aromatic carbocycles. The zero-order chi connectivity index (χ0) is 13.3. The van der Waals surface area contributed by atoms with Crippen LogP contribution in [0, 0.1) is 5.92 Å². The molecule has 0 aliphatic heterocycles. The fraction of sp³-hybridized carbons (Fsp3) is 0.500. The molecule has 3 nitrogen and oxygen atoms in total. The van der Waals surface area contributed by atoms with Gasteiger partial charge in [-0.05, 0) is 48.4 Å². The number of rotatable bonds is 5. The van der Waals surface area contributed by atoms with E-state index < -0.39 is 5.97 Å². The van der Waals surface area contributed by atoms with E-state index in [4.69, 9.17) is 16.7 Å². The topological polar surface area (TPSA) is 57.5 Å². The minimum Gasteiger partial charge on any atom is -0.507 e. The van der Waals surface area contributed by atoms with Crippen molar-refractivity contribution in [3.05, 3.63) is 28.3 Å². The van der Waals surface area contributed by atoms with Crippen molar-refractivity contribution in [2.75, 3.05) is 0 Å². The molecule has 0 spiro atoms. The standard InChI is InChI=1S/C14H17ClO3/c1-2-8-5-10(15)6-12(14(8)18)11(7-13(16)17)9-3-4-9/h5-6,9,11,18H,2-4,7H2,1H3,(H,16,17). The van der Waals surface area contributed by atoms with Gasteiger partial charge in [-0.2, -0.15) is 0 Å². The molecular formula is C14H17ClO3. The van der Waals surface area contributed by atoms with Crippen LogP contribution in [0.4, 0.5) is 0 Å². The minimum atomic E-state index is -0.829. The molecule has 18 heavy (non-hydrogen) atoms. The minimum absolute atomic E-state index is 0.0573. The van der Waals surface area contributed by atoms with Gasteiger partial charge >= 0.3 is 5.97 Å². The van der Waals surface area contributed by atoms with E-state index in [1.54, 1.807) is 12.1 Å². The first-order valence-electron chi connectivity index (χ1n) is 6.26. The van der Waals surface area contributed by atoms with E-state index in [0.717, 1.165) is 18.4 Å². The maximum Gasteiger partial charge on any atom is 0.303 e. The van der Waals surface area contributed by atoms with Crippen LogP contribution in [0.15, 0.2) is 12.1 Å². The van der Waals surface area contributed by atoms with Crippen LogP contribution in [-0.4, -0.2) is 16.2 Å². The van der Waals surface area contributed by atoms with Crippen LogP contribution in [0.3, 0.4) is 0 Å². The molecule has 1 atom stereocenters. The Kier molecular flexibility index (Phi) is 3.81. The predicted molar refractivity (Wildman–Crippen MR) is 70.2 cm³/mol. The molecule has 2 rings (SSSR count). The summed E-state index contributed by atoms with van der Waals surface area (Å²) in [5.74, 6) is -0.356. The second-order valence-electron chi connectivity index (χ2n) is 4.90. The number of carbonyl (C=O) groups is 1. The number of aryl methyl sites for hydroxylation is 1. The quantitative estimate of drug-likeness (QED) is 0.858. The van der Waals surface area contributed by atoms with E-state index >= 15 is 0 Å². The number of phenolic OH excluding ortho intramolecular Hbond substituents is 1. The van der Waals surface area contributed by atoms with Crippen molar-refractivity contribution in [3.8, 4) is 5.75 Å². The average molecular weight is 269 g/mol. The number of hydrogen-bond acceptors (Lipinski definition) is 2. The molecule has 0 heterocycles. The highest BCUT2D eigenvalue weighted by Gasteiger charge is 2.35. The van der Waals surface area contributed by atoms with Crippen LogP contribution >= 0.6 is 11.6 Å². The van der Waals surface area contributed by atoms with E-state index in [-0.39, 0.29) is 18.1 Å². The van der Waals surface area contributed by atoms with Crippen molar-refractivity contribution >= 4 is 17.6 Å². The van der Waals surface area contributed by atoms with Crippen LogP contribution < -0.4 is 0 Å². The van der Waals surface area contributed by atoms with Crippen LogP contribution in [-0.2, 0) is 11.2 Å². The van der Waals surface area contributed by atoms with E-state index in [1.807, 2.05) is 6.92 Å². The molecule has 1 aliphatic rings. The van der Waals surface area contributed by atoms with E-state index in [1.165, 1.54) is 0 Å². The molecule has 0 radical (unpaired) electrons. The van der Waals surface area contributed by atoms with Crippen LogP contribution in [0.2, 0.25) is 5.02 Å². The molecule has 0 aromatic heterocycles. The fourth-order valence-corrected chi connectivity index (χ4v) is 2.70. The molecule has 1 unspecified atom stereocenters. The number of benzene rings is 1. The maximum absolute atomic E-state index is 11.0. The van der Waals surface area contributed by atoms with Gasteiger partial charge < -0.3 is 10.2 Å². The fourth-order valence-electron chi connectivity index (χ4n) is 2.45. The summed E-state index contributed by atoms with van der Waals surface area (Å²) in [6.45, 7) is 1.94. The summed E-state index contributed by atoms with van der Waals surface area (Å²) < 4.78 is 0. The zero-order valence-corrected chi connectivity index (χ0v) is 11.1. The van der Waals surface area contributed by atoms with Gasteiger partial charge in [-0.3, -0.25) is 4.79 Å². The lowest BCUT2D eigenvalue weighted by Crippen LogP contribution is -2.09. The van der Waals surface area contributed by atoms with Crippen molar-refractivity contribution in [1.82, 2.24) is 0 Å². The van der Waals surface area contributed by atoms with E-state index in [9.17, 15) is 9.90 Å². The Bertz CT molecular complexity index is 466. The zero-order valence-electron chi connectivity index (χ0n) is 10.3. The first kappa shape index (κ1) is 13.2. The molecule has 1 aliphatic carbocycles. The summed E-state index contributed by atoms with van der Waals surface area (Å²) >= 11 is 6.05. The average Bonchev–Trinajstić information content (AvgIpc) is 3.12. The molecule has 0 bridgehead atoms. The number of halogens is 1. The molecule has 1 aromatic rings. The first-order valence-corrected chi connectivity index (χ1v) is 6.63. The smallest absolute Gasteiger partial charge is 0.303 e. The largest absolute Gasteiger partial charge is 0.507 e. The Morgan fingerprint density at radius 1 is 1.50 bits per heavy atom. The Labute approximate surface area is 111 Å².